The van der Waals surface area contributed by atoms with Crippen molar-refractivity contribution in [3.05, 3.63) is 65.6 Å². The Kier molecular flexibility index (Phi) is 4.00. The van der Waals surface area contributed by atoms with Crippen LogP contribution >= 0.6 is 0 Å². The van der Waals surface area contributed by atoms with Crippen LogP contribution < -0.4 is 5.32 Å². The van der Waals surface area contributed by atoms with E-state index < -0.39 is 0 Å². The van der Waals surface area contributed by atoms with Crippen LogP contribution in [0.4, 0.5) is 10.2 Å². The van der Waals surface area contributed by atoms with E-state index in [2.05, 4.69) is 15.3 Å². The molecule has 0 aliphatic carbocycles. The van der Waals surface area contributed by atoms with Crippen LogP contribution in [0.15, 0.2) is 48.7 Å². The Balaban J connectivity index is 1.39. The van der Waals surface area contributed by atoms with Crippen LogP contribution in [-0.4, -0.2) is 38.9 Å². The highest BCUT2D eigenvalue weighted by Gasteiger charge is 2.49. The molecule has 1 amide bonds. The number of aromatic nitrogens is 2. The number of halogens is 1. The maximum absolute atomic E-state index is 13.9. The minimum atomic E-state index is -0.335. The summed E-state index contributed by atoms with van der Waals surface area (Å²) in [6.45, 7) is 1.67. The van der Waals surface area contributed by atoms with Gasteiger partial charge in [-0.2, -0.15) is 0 Å². The summed E-state index contributed by atoms with van der Waals surface area (Å²) < 4.78 is 13.9. The van der Waals surface area contributed by atoms with Crippen LogP contribution in [0.25, 0.3) is 11.0 Å². The van der Waals surface area contributed by atoms with Gasteiger partial charge in [0.15, 0.2) is 0 Å². The molecular formula is C22H21FN4O. The van der Waals surface area contributed by atoms with E-state index in [1.165, 1.54) is 6.07 Å². The first-order chi connectivity index (χ1) is 13.6. The fourth-order valence-electron chi connectivity index (χ4n) is 4.66. The first kappa shape index (κ1) is 17.1. The molecule has 5 nitrogen and oxygen atoms in total. The minimum absolute atomic E-state index is 0.0709. The third kappa shape index (κ3) is 2.71. The average molecular weight is 376 g/mol. The van der Waals surface area contributed by atoms with E-state index in [1.54, 1.807) is 25.3 Å². The van der Waals surface area contributed by atoms with E-state index in [9.17, 15) is 9.18 Å². The number of hydrogen-bond donors (Lipinski definition) is 1. The molecule has 2 aliphatic heterocycles. The fraction of sp³-hybridized carbons (Fsp3) is 0.318. The molecule has 6 heteroatoms. The van der Waals surface area contributed by atoms with E-state index in [0.29, 0.717) is 11.1 Å². The SMILES string of the molecule is Cc1c(F)cccc1C(=O)N1C2CCC1C(Nc1cnc3ccccc3n1)C2. The molecule has 1 N–H and O–H groups in total. The first-order valence-electron chi connectivity index (χ1n) is 9.68. The molecule has 3 atom stereocenters. The average Bonchev–Trinajstić information content (AvgIpc) is 3.27. The van der Waals surface area contributed by atoms with Crippen molar-refractivity contribution in [1.29, 1.82) is 0 Å². The normalized spacial score (nSPS) is 23.4. The molecule has 2 saturated heterocycles. The zero-order valence-corrected chi connectivity index (χ0v) is 15.6. The van der Waals surface area contributed by atoms with Crippen molar-refractivity contribution in [2.75, 3.05) is 5.32 Å². The second kappa shape index (κ2) is 6.55. The maximum Gasteiger partial charge on any atom is 0.254 e. The second-order valence-electron chi connectivity index (χ2n) is 7.65. The van der Waals surface area contributed by atoms with Gasteiger partial charge < -0.3 is 10.2 Å². The van der Waals surface area contributed by atoms with Crippen LogP contribution in [0.3, 0.4) is 0 Å². The van der Waals surface area contributed by atoms with Gasteiger partial charge in [-0.05, 0) is 56.0 Å². The van der Waals surface area contributed by atoms with Crippen molar-refractivity contribution in [2.45, 2.75) is 44.3 Å². The number of carbonyl (C=O) groups excluding carboxylic acids is 1. The van der Waals surface area contributed by atoms with Gasteiger partial charge in [-0.15, -0.1) is 0 Å². The highest BCUT2D eigenvalue weighted by atomic mass is 19.1. The Labute approximate surface area is 162 Å². The fourth-order valence-corrected chi connectivity index (χ4v) is 4.66. The molecule has 2 aliphatic rings. The van der Waals surface area contributed by atoms with E-state index >= 15 is 0 Å². The number of fused-ring (bicyclic) bond motifs is 3. The number of anilines is 1. The molecule has 1 aromatic heterocycles. The Bertz CT molecular complexity index is 1070. The number of benzene rings is 2. The number of carbonyl (C=O) groups is 1. The van der Waals surface area contributed by atoms with Crippen molar-refractivity contribution in [3.63, 3.8) is 0 Å². The van der Waals surface area contributed by atoms with Crippen molar-refractivity contribution >= 4 is 22.8 Å². The van der Waals surface area contributed by atoms with Crippen LogP contribution in [0.5, 0.6) is 0 Å². The standard InChI is InChI=1S/C22H21FN4O/c1-13-15(5-4-6-16(13)23)22(28)27-14-9-10-20(27)19(11-14)26-21-12-24-17-7-2-3-8-18(17)25-21/h2-8,12,14,19-20H,9-11H2,1H3,(H,25,26). The third-order valence-electron chi connectivity index (χ3n) is 6.05. The van der Waals surface area contributed by atoms with Gasteiger partial charge in [0.05, 0.1) is 29.3 Å². The first-order valence-corrected chi connectivity index (χ1v) is 9.68. The van der Waals surface area contributed by atoms with Gasteiger partial charge >= 0.3 is 0 Å². The van der Waals surface area contributed by atoms with Gasteiger partial charge in [0.25, 0.3) is 5.91 Å². The monoisotopic (exact) mass is 376 g/mol. The lowest BCUT2D eigenvalue weighted by atomic mass is 9.95. The lowest BCUT2D eigenvalue weighted by molar-refractivity contribution is 0.0726. The maximum atomic E-state index is 13.9. The molecule has 2 fully saturated rings. The van der Waals surface area contributed by atoms with Crippen LogP contribution in [0, 0.1) is 12.7 Å². The molecule has 3 unspecified atom stereocenters. The lowest BCUT2D eigenvalue weighted by Crippen LogP contribution is -2.40. The number of nitrogens with one attached hydrogen (secondary N) is 1. The second-order valence-corrected chi connectivity index (χ2v) is 7.65. The van der Waals surface area contributed by atoms with E-state index in [0.717, 1.165) is 36.1 Å². The van der Waals surface area contributed by atoms with Crippen LogP contribution in [0.2, 0.25) is 0 Å². The summed E-state index contributed by atoms with van der Waals surface area (Å²) in [7, 11) is 0. The predicted molar refractivity (Wildman–Crippen MR) is 106 cm³/mol. The topological polar surface area (TPSA) is 58.1 Å². The largest absolute Gasteiger partial charge is 0.364 e. The Morgan fingerprint density at radius 2 is 1.96 bits per heavy atom. The summed E-state index contributed by atoms with van der Waals surface area (Å²) >= 11 is 0. The predicted octanol–water partition coefficient (Wildman–Crippen LogP) is 3.93. The smallest absolute Gasteiger partial charge is 0.254 e. The third-order valence-corrected chi connectivity index (χ3v) is 6.05. The van der Waals surface area contributed by atoms with Crippen molar-refractivity contribution in [2.24, 2.45) is 0 Å². The summed E-state index contributed by atoms with van der Waals surface area (Å²) in [6, 6.07) is 12.9. The molecule has 0 saturated carbocycles. The van der Waals surface area contributed by atoms with Gasteiger partial charge in [-0.25, -0.2) is 9.37 Å². The number of rotatable bonds is 3. The summed E-state index contributed by atoms with van der Waals surface area (Å²) in [5.74, 6) is 0.322. The van der Waals surface area contributed by atoms with Crippen LogP contribution in [0.1, 0.15) is 35.2 Å². The minimum Gasteiger partial charge on any atom is -0.364 e. The zero-order chi connectivity index (χ0) is 19.3. The summed E-state index contributed by atoms with van der Waals surface area (Å²) in [6.07, 6.45) is 4.56. The molecule has 28 heavy (non-hydrogen) atoms. The molecule has 2 aromatic carbocycles. The molecule has 2 bridgehead atoms. The van der Waals surface area contributed by atoms with Gasteiger partial charge in [-0.3, -0.25) is 9.78 Å². The van der Waals surface area contributed by atoms with E-state index in [1.807, 2.05) is 29.2 Å². The van der Waals surface area contributed by atoms with Crippen LogP contribution in [-0.2, 0) is 0 Å². The summed E-state index contributed by atoms with van der Waals surface area (Å²) in [5.41, 5.74) is 2.59. The molecule has 0 spiro atoms. The molecule has 3 aromatic rings. The summed E-state index contributed by atoms with van der Waals surface area (Å²) in [5, 5.41) is 3.49. The molecule has 3 heterocycles. The highest BCUT2D eigenvalue weighted by Crippen LogP contribution is 2.40. The number of hydrogen-bond acceptors (Lipinski definition) is 4. The lowest BCUT2D eigenvalue weighted by Gasteiger charge is -2.26. The summed E-state index contributed by atoms with van der Waals surface area (Å²) in [4.78, 5) is 24.2. The number of para-hydroxylation sites is 2. The Morgan fingerprint density at radius 1 is 1.14 bits per heavy atom. The van der Waals surface area contributed by atoms with Gasteiger partial charge in [-0.1, -0.05) is 18.2 Å². The quantitative estimate of drug-likeness (QED) is 0.752. The molecular weight excluding hydrogens is 355 g/mol. The molecule has 0 radical (unpaired) electrons. The number of amides is 1. The van der Waals surface area contributed by atoms with E-state index in [4.69, 9.17) is 0 Å². The zero-order valence-electron chi connectivity index (χ0n) is 15.6. The Hall–Kier alpha value is -3.02. The van der Waals surface area contributed by atoms with Gasteiger partial charge in [0.1, 0.15) is 11.6 Å². The van der Waals surface area contributed by atoms with Gasteiger partial charge in [0.2, 0.25) is 0 Å². The Morgan fingerprint density at radius 3 is 2.82 bits per heavy atom. The van der Waals surface area contributed by atoms with Crippen molar-refractivity contribution < 1.29 is 9.18 Å². The number of nitrogens with zero attached hydrogens (tertiary/aromatic N) is 3. The van der Waals surface area contributed by atoms with Crippen molar-refractivity contribution in [3.8, 4) is 0 Å². The van der Waals surface area contributed by atoms with E-state index in [-0.39, 0.29) is 29.8 Å². The van der Waals surface area contributed by atoms with Crippen molar-refractivity contribution in [1.82, 2.24) is 14.9 Å². The van der Waals surface area contributed by atoms with Gasteiger partial charge in [0, 0.05) is 11.6 Å². The molecule has 5 rings (SSSR count). The highest BCUT2D eigenvalue weighted by molar-refractivity contribution is 5.96. The molecule has 142 valence electrons.